The van der Waals surface area contributed by atoms with Gasteiger partial charge in [0, 0.05) is 61.1 Å². The number of nitrogens with zero attached hydrogens (tertiary/aromatic N) is 5. The Morgan fingerprint density at radius 1 is 1.12 bits per heavy atom. The molecule has 2 aliphatic rings. The average Bonchev–Trinajstić information content (AvgIpc) is 3.61. The van der Waals surface area contributed by atoms with Crippen LogP contribution >= 0.6 is 0 Å². The minimum Gasteiger partial charge on any atom is -0.393 e. The van der Waals surface area contributed by atoms with Crippen molar-refractivity contribution in [3.05, 3.63) is 65.3 Å². The molecule has 0 spiro atoms. The number of aromatic nitrogens is 4. The van der Waals surface area contributed by atoms with Gasteiger partial charge in [-0.1, -0.05) is 33.4 Å². The van der Waals surface area contributed by atoms with Crippen molar-refractivity contribution in [3.63, 3.8) is 0 Å². The lowest BCUT2D eigenvalue weighted by Gasteiger charge is -2.36. The second kappa shape index (κ2) is 11.6. The second-order valence-corrected chi connectivity index (χ2v) is 12.6. The molecule has 1 aromatic carbocycles. The highest BCUT2D eigenvalue weighted by atomic mass is 16.3. The van der Waals surface area contributed by atoms with E-state index < -0.39 is 0 Å². The lowest BCUT2D eigenvalue weighted by atomic mass is 9.87. The fourth-order valence-electron chi connectivity index (χ4n) is 7.24. The zero-order valence-corrected chi connectivity index (χ0v) is 25.3. The summed E-state index contributed by atoms with van der Waals surface area (Å²) in [5.41, 5.74) is 11.3. The third-order valence-corrected chi connectivity index (χ3v) is 9.69. The van der Waals surface area contributed by atoms with Crippen LogP contribution in [0.2, 0.25) is 0 Å². The molecule has 2 N–H and O–H groups in total. The van der Waals surface area contributed by atoms with Crippen LogP contribution < -0.4 is 0 Å². The van der Waals surface area contributed by atoms with Gasteiger partial charge in [0.15, 0.2) is 5.65 Å². The number of aliphatic hydroxyl groups excluding tert-OH is 1. The van der Waals surface area contributed by atoms with Crippen LogP contribution in [-0.2, 0) is 6.42 Å². The summed E-state index contributed by atoms with van der Waals surface area (Å²) < 4.78 is 1.92. The van der Waals surface area contributed by atoms with Crippen LogP contribution in [0.1, 0.15) is 87.0 Å². The van der Waals surface area contributed by atoms with Crippen LogP contribution in [0.15, 0.2) is 43.0 Å². The fourth-order valence-corrected chi connectivity index (χ4v) is 7.24. The van der Waals surface area contributed by atoms with Crippen LogP contribution in [0.5, 0.6) is 0 Å². The second-order valence-electron chi connectivity index (χ2n) is 12.6. The molecule has 2 fully saturated rings. The number of H-pyrrole nitrogens is 1. The number of hydrogen-bond acceptors (Lipinski definition) is 5. The van der Waals surface area contributed by atoms with Crippen molar-refractivity contribution in [2.45, 2.75) is 84.2 Å². The van der Waals surface area contributed by atoms with Gasteiger partial charge in [-0.25, -0.2) is 9.50 Å². The summed E-state index contributed by atoms with van der Waals surface area (Å²) in [7, 11) is 0. The Labute approximate surface area is 244 Å². The molecule has 2 aliphatic heterocycles. The summed E-state index contributed by atoms with van der Waals surface area (Å²) >= 11 is 0. The highest BCUT2D eigenvalue weighted by Crippen LogP contribution is 2.40. The molecule has 0 bridgehead atoms. The smallest absolute Gasteiger partial charge is 0.158 e. The topological polar surface area (TPSA) is 72.7 Å². The van der Waals surface area contributed by atoms with Gasteiger partial charge in [0.2, 0.25) is 0 Å². The van der Waals surface area contributed by atoms with Crippen LogP contribution in [0.3, 0.4) is 0 Å². The van der Waals surface area contributed by atoms with E-state index in [1.165, 1.54) is 50.1 Å². The molecule has 0 saturated carbocycles. The summed E-state index contributed by atoms with van der Waals surface area (Å²) in [6.07, 6.45) is 9.80. The van der Waals surface area contributed by atoms with Crippen molar-refractivity contribution in [3.8, 4) is 11.3 Å². The molecule has 5 heterocycles. The maximum Gasteiger partial charge on any atom is 0.158 e. The van der Waals surface area contributed by atoms with Gasteiger partial charge in [-0.15, -0.1) is 0 Å². The number of piperidine rings is 2. The summed E-state index contributed by atoms with van der Waals surface area (Å²) in [6, 6.07) is 7.11. The largest absolute Gasteiger partial charge is 0.393 e. The first-order chi connectivity index (χ1) is 19.8. The predicted molar refractivity (Wildman–Crippen MR) is 167 cm³/mol. The first-order valence-corrected chi connectivity index (χ1v) is 15.6. The van der Waals surface area contributed by atoms with E-state index >= 15 is 0 Å². The summed E-state index contributed by atoms with van der Waals surface area (Å²) in [5.74, 6) is 0.962. The predicted octanol–water partition coefficient (Wildman–Crippen LogP) is 6.41. The van der Waals surface area contributed by atoms with Gasteiger partial charge in [-0.3, -0.25) is 0 Å². The van der Waals surface area contributed by atoms with E-state index in [0.717, 1.165) is 76.9 Å². The molecule has 0 atom stereocenters. The van der Waals surface area contributed by atoms with Crippen molar-refractivity contribution < 1.29 is 5.11 Å². The molecule has 2 saturated heterocycles. The van der Waals surface area contributed by atoms with Gasteiger partial charge < -0.3 is 19.9 Å². The van der Waals surface area contributed by atoms with E-state index in [9.17, 15) is 5.11 Å². The molecular formula is C34H46N6O. The molecule has 0 aliphatic carbocycles. The normalized spacial score (nSPS) is 17.9. The van der Waals surface area contributed by atoms with Crippen molar-refractivity contribution in [1.82, 2.24) is 29.4 Å². The van der Waals surface area contributed by atoms with E-state index in [2.05, 4.69) is 83.5 Å². The van der Waals surface area contributed by atoms with E-state index in [-0.39, 0.29) is 6.10 Å². The van der Waals surface area contributed by atoms with Gasteiger partial charge in [-0.05, 0) is 91.7 Å². The molecule has 41 heavy (non-hydrogen) atoms. The number of nitrogens with one attached hydrogen (secondary N) is 1. The Morgan fingerprint density at radius 3 is 2.59 bits per heavy atom. The minimum absolute atomic E-state index is 0.107. The monoisotopic (exact) mass is 554 g/mol. The zero-order valence-electron chi connectivity index (χ0n) is 25.3. The molecule has 0 radical (unpaired) electrons. The SMILES string of the molecule is C=C(CCN1CCC(O)CC1)N1CCC(c2ccc3[nH]c(-c4cn5ncnc5c(C)c4CC)c(C(C)C)c3c2)CC1. The number of benzene rings is 1. The molecule has 6 rings (SSSR count). The molecule has 7 heteroatoms. The standard InChI is InChI=1S/C34H46N6O/c1-6-28-24(5)34-35-21-36-40(34)20-30(28)33-32(22(2)3)29-19-26(7-8-31(29)37-33)25-10-17-39(18-11-25)23(4)9-14-38-15-12-27(41)13-16-38/h7-8,19-22,25,27,37,41H,4,6,9-18H2,1-3,5H3. The Bertz CT molecular complexity index is 1530. The van der Waals surface area contributed by atoms with Gasteiger partial charge in [0.1, 0.15) is 6.33 Å². The minimum atomic E-state index is -0.107. The van der Waals surface area contributed by atoms with Crippen LogP contribution in [0.25, 0.3) is 27.8 Å². The van der Waals surface area contributed by atoms with Gasteiger partial charge in [-0.2, -0.15) is 5.10 Å². The van der Waals surface area contributed by atoms with Crippen LogP contribution in [0.4, 0.5) is 0 Å². The van der Waals surface area contributed by atoms with Gasteiger partial charge in [0.05, 0.1) is 11.8 Å². The highest BCUT2D eigenvalue weighted by Gasteiger charge is 2.25. The van der Waals surface area contributed by atoms with E-state index in [1.807, 2.05) is 4.52 Å². The fraction of sp³-hybridized carbons (Fsp3) is 0.529. The van der Waals surface area contributed by atoms with E-state index in [1.54, 1.807) is 6.33 Å². The third kappa shape index (κ3) is 5.42. The average molecular weight is 555 g/mol. The maximum atomic E-state index is 9.78. The first-order valence-electron chi connectivity index (χ1n) is 15.6. The Hall–Kier alpha value is -3.16. The Morgan fingerprint density at radius 2 is 1.88 bits per heavy atom. The molecule has 218 valence electrons. The number of aromatic amines is 1. The van der Waals surface area contributed by atoms with Crippen molar-refractivity contribution in [1.29, 1.82) is 0 Å². The first kappa shape index (κ1) is 28.0. The van der Waals surface area contributed by atoms with E-state index in [4.69, 9.17) is 0 Å². The Kier molecular flexibility index (Phi) is 7.92. The number of likely N-dealkylation sites (tertiary alicyclic amines) is 2. The number of fused-ring (bicyclic) bond motifs is 2. The van der Waals surface area contributed by atoms with Gasteiger partial charge >= 0.3 is 0 Å². The molecule has 0 unspecified atom stereocenters. The number of rotatable bonds is 8. The lowest BCUT2D eigenvalue weighted by Crippen LogP contribution is -2.38. The number of pyridine rings is 1. The summed E-state index contributed by atoms with van der Waals surface area (Å²) in [6.45, 7) is 18.7. The molecule has 7 nitrogen and oxygen atoms in total. The number of aliphatic hydroxyl groups is 1. The molecular weight excluding hydrogens is 508 g/mol. The molecule has 0 amide bonds. The molecule has 4 aromatic rings. The van der Waals surface area contributed by atoms with Crippen LogP contribution in [-0.4, -0.2) is 73.3 Å². The number of hydrogen-bond donors (Lipinski definition) is 2. The van der Waals surface area contributed by atoms with Crippen molar-refractivity contribution >= 4 is 16.6 Å². The highest BCUT2D eigenvalue weighted by molar-refractivity contribution is 5.92. The molecule has 3 aromatic heterocycles. The van der Waals surface area contributed by atoms with Crippen molar-refractivity contribution in [2.75, 3.05) is 32.7 Å². The zero-order chi connectivity index (χ0) is 28.7. The van der Waals surface area contributed by atoms with E-state index in [0.29, 0.717) is 11.8 Å². The quantitative estimate of drug-likeness (QED) is 0.263. The maximum absolute atomic E-state index is 9.78. The summed E-state index contributed by atoms with van der Waals surface area (Å²) in [4.78, 5) is 13.3. The van der Waals surface area contributed by atoms with Crippen molar-refractivity contribution in [2.24, 2.45) is 0 Å². The third-order valence-electron chi connectivity index (χ3n) is 9.69. The Balaban J connectivity index is 1.20. The van der Waals surface area contributed by atoms with Crippen LogP contribution in [0, 0.1) is 6.92 Å². The summed E-state index contributed by atoms with van der Waals surface area (Å²) in [5, 5.41) is 15.6. The number of aryl methyl sites for hydroxylation is 1. The lowest BCUT2D eigenvalue weighted by molar-refractivity contribution is 0.0819. The van der Waals surface area contributed by atoms with Gasteiger partial charge in [0.25, 0.3) is 0 Å².